The van der Waals surface area contributed by atoms with Gasteiger partial charge in [-0.3, -0.25) is 0 Å². The van der Waals surface area contributed by atoms with Gasteiger partial charge in [-0.2, -0.15) is 0 Å². The normalized spacial score (nSPS) is 47.2. The van der Waals surface area contributed by atoms with E-state index in [9.17, 15) is 10.2 Å². The van der Waals surface area contributed by atoms with E-state index in [0.717, 1.165) is 19.3 Å². The molecule has 4 unspecified atom stereocenters. The molecule has 2 heteroatoms. The van der Waals surface area contributed by atoms with Gasteiger partial charge in [0.05, 0.1) is 12.2 Å². The number of rotatable bonds is 0. The number of fused-ring (bicyclic) bond motifs is 1. The fraction of sp³-hybridized carbons (Fsp3) is 0.800. The van der Waals surface area contributed by atoms with Crippen LogP contribution in [-0.2, 0) is 0 Å². The predicted molar refractivity (Wildman–Crippen MR) is 46.6 cm³/mol. The Hall–Kier alpha value is -0.340. The highest BCUT2D eigenvalue weighted by molar-refractivity contribution is 5.04. The molecule has 0 aliphatic heterocycles. The monoisotopic (exact) mass is 168 g/mol. The Bertz CT molecular complexity index is 188. The van der Waals surface area contributed by atoms with Crippen LogP contribution in [0.4, 0.5) is 0 Å². The number of aliphatic hydroxyl groups is 2. The van der Waals surface area contributed by atoms with Gasteiger partial charge in [-0.05, 0) is 31.1 Å². The van der Waals surface area contributed by atoms with Crippen LogP contribution in [0.1, 0.15) is 25.7 Å². The molecular formula is C10H16O2. The molecule has 12 heavy (non-hydrogen) atoms. The summed E-state index contributed by atoms with van der Waals surface area (Å²) in [4.78, 5) is 0. The Kier molecular flexibility index (Phi) is 2.20. The van der Waals surface area contributed by atoms with E-state index in [0.29, 0.717) is 11.8 Å². The van der Waals surface area contributed by atoms with Crippen LogP contribution in [0.2, 0.25) is 0 Å². The molecule has 68 valence electrons. The molecule has 0 aromatic rings. The number of hydrogen-bond donors (Lipinski definition) is 2. The minimum Gasteiger partial charge on any atom is -0.393 e. The van der Waals surface area contributed by atoms with Crippen molar-refractivity contribution in [1.82, 2.24) is 0 Å². The third-order valence-electron chi connectivity index (χ3n) is 3.18. The van der Waals surface area contributed by atoms with Crippen LogP contribution in [0.25, 0.3) is 0 Å². The van der Waals surface area contributed by atoms with Crippen molar-refractivity contribution in [3.63, 3.8) is 0 Å². The second kappa shape index (κ2) is 3.19. The zero-order chi connectivity index (χ0) is 8.55. The molecule has 4 atom stereocenters. The molecule has 2 N–H and O–H groups in total. The maximum atomic E-state index is 9.68. The van der Waals surface area contributed by atoms with Crippen LogP contribution in [-0.4, -0.2) is 22.4 Å². The van der Waals surface area contributed by atoms with E-state index in [1.807, 2.05) is 6.08 Å². The number of hydrogen-bond acceptors (Lipinski definition) is 2. The Balaban J connectivity index is 2.10. The third kappa shape index (κ3) is 1.41. The van der Waals surface area contributed by atoms with Gasteiger partial charge >= 0.3 is 0 Å². The van der Waals surface area contributed by atoms with Crippen molar-refractivity contribution in [2.75, 3.05) is 0 Å². The van der Waals surface area contributed by atoms with Crippen molar-refractivity contribution in [1.29, 1.82) is 0 Å². The van der Waals surface area contributed by atoms with E-state index in [4.69, 9.17) is 0 Å². The van der Waals surface area contributed by atoms with Gasteiger partial charge in [0.2, 0.25) is 0 Å². The predicted octanol–water partition coefficient (Wildman–Crippen LogP) is 1.08. The minimum atomic E-state index is -0.320. The second-order valence-electron chi connectivity index (χ2n) is 4.01. The lowest BCUT2D eigenvalue weighted by molar-refractivity contribution is 0.0157. The molecule has 0 bridgehead atoms. The number of allylic oxidation sites excluding steroid dienone is 1. The molecule has 2 rings (SSSR count). The molecule has 1 saturated carbocycles. The molecule has 0 amide bonds. The molecule has 0 aromatic heterocycles. The first-order chi connectivity index (χ1) is 5.77. The number of aliphatic hydroxyl groups excluding tert-OH is 2. The van der Waals surface area contributed by atoms with Gasteiger partial charge in [-0.25, -0.2) is 0 Å². The van der Waals surface area contributed by atoms with Crippen LogP contribution in [0.3, 0.4) is 0 Å². The smallest absolute Gasteiger partial charge is 0.0724 e. The van der Waals surface area contributed by atoms with Crippen molar-refractivity contribution in [2.24, 2.45) is 11.8 Å². The Morgan fingerprint density at radius 1 is 1.08 bits per heavy atom. The van der Waals surface area contributed by atoms with E-state index in [1.54, 1.807) is 0 Å². The molecule has 0 aromatic carbocycles. The van der Waals surface area contributed by atoms with Gasteiger partial charge in [0.15, 0.2) is 0 Å². The van der Waals surface area contributed by atoms with E-state index < -0.39 is 0 Å². The van der Waals surface area contributed by atoms with Gasteiger partial charge in [-0.15, -0.1) is 0 Å². The maximum absolute atomic E-state index is 9.68. The lowest BCUT2D eigenvalue weighted by atomic mass is 9.72. The van der Waals surface area contributed by atoms with Crippen LogP contribution in [0.15, 0.2) is 12.2 Å². The average Bonchev–Trinajstić information content (AvgIpc) is 2.07. The zero-order valence-corrected chi connectivity index (χ0v) is 7.19. The summed E-state index contributed by atoms with van der Waals surface area (Å²) in [7, 11) is 0. The van der Waals surface area contributed by atoms with Gasteiger partial charge in [0.1, 0.15) is 0 Å². The highest BCUT2D eigenvalue weighted by atomic mass is 16.3. The van der Waals surface area contributed by atoms with Crippen LogP contribution in [0.5, 0.6) is 0 Å². The summed E-state index contributed by atoms with van der Waals surface area (Å²) in [5.41, 5.74) is 0. The van der Waals surface area contributed by atoms with E-state index >= 15 is 0 Å². The van der Waals surface area contributed by atoms with Gasteiger partial charge in [-0.1, -0.05) is 18.6 Å². The van der Waals surface area contributed by atoms with Gasteiger partial charge < -0.3 is 10.2 Å². The highest BCUT2D eigenvalue weighted by Crippen LogP contribution is 2.37. The molecule has 2 aliphatic carbocycles. The third-order valence-corrected chi connectivity index (χ3v) is 3.18. The van der Waals surface area contributed by atoms with Crippen molar-refractivity contribution in [2.45, 2.75) is 37.9 Å². The first-order valence-corrected chi connectivity index (χ1v) is 4.82. The molecule has 0 saturated heterocycles. The summed E-state index contributed by atoms with van der Waals surface area (Å²) in [6.45, 7) is 0. The molecule has 0 heterocycles. The van der Waals surface area contributed by atoms with E-state index in [1.165, 1.54) is 6.42 Å². The lowest BCUT2D eigenvalue weighted by Crippen LogP contribution is -2.36. The van der Waals surface area contributed by atoms with E-state index in [2.05, 4.69) is 6.08 Å². The van der Waals surface area contributed by atoms with Crippen LogP contribution >= 0.6 is 0 Å². The summed E-state index contributed by atoms with van der Waals surface area (Å²) in [6.07, 6.45) is 7.44. The highest BCUT2D eigenvalue weighted by Gasteiger charge is 2.33. The van der Waals surface area contributed by atoms with Gasteiger partial charge in [0.25, 0.3) is 0 Å². The SMILES string of the molecule is OC1C=CC2CCCC(O)C2C1. The zero-order valence-electron chi connectivity index (χ0n) is 7.19. The topological polar surface area (TPSA) is 40.5 Å². The van der Waals surface area contributed by atoms with Crippen molar-refractivity contribution >= 4 is 0 Å². The first kappa shape index (κ1) is 8.27. The first-order valence-electron chi connectivity index (χ1n) is 4.82. The average molecular weight is 168 g/mol. The van der Waals surface area contributed by atoms with Gasteiger partial charge in [0, 0.05) is 0 Å². The largest absolute Gasteiger partial charge is 0.393 e. The molecule has 2 aliphatic rings. The Morgan fingerprint density at radius 2 is 1.92 bits per heavy atom. The standard InChI is InChI=1S/C10H16O2/c11-8-5-4-7-2-1-3-10(12)9(7)6-8/h4-5,7-12H,1-3,6H2. The molecule has 2 nitrogen and oxygen atoms in total. The summed E-state index contributed by atoms with van der Waals surface area (Å²) < 4.78 is 0. The molecule has 0 spiro atoms. The molecular weight excluding hydrogens is 152 g/mol. The summed E-state index contributed by atoms with van der Waals surface area (Å²) >= 11 is 0. The summed E-state index contributed by atoms with van der Waals surface area (Å²) in [5.74, 6) is 0.843. The second-order valence-corrected chi connectivity index (χ2v) is 4.01. The fourth-order valence-corrected chi connectivity index (χ4v) is 2.48. The fourth-order valence-electron chi connectivity index (χ4n) is 2.48. The molecule has 0 radical (unpaired) electrons. The summed E-state index contributed by atoms with van der Waals surface area (Å²) in [6, 6.07) is 0. The van der Waals surface area contributed by atoms with Crippen molar-refractivity contribution < 1.29 is 10.2 Å². The van der Waals surface area contributed by atoms with Crippen molar-refractivity contribution in [3.05, 3.63) is 12.2 Å². The molecule has 1 fully saturated rings. The minimum absolute atomic E-state index is 0.177. The maximum Gasteiger partial charge on any atom is 0.0724 e. The lowest BCUT2D eigenvalue weighted by Gasteiger charge is -2.37. The summed E-state index contributed by atoms with van der Waals surface area (Å²) in [5, 5.41) is 19.0. The Labute approximate surface area is 72.9 Å². The van der Waals surface area contributed by atoms with Crippen LogP contribution in [0, 0.1) is 11.8 Å². The van der Waals surface area contributed by atoms with E-state index in [-0.39, 0.29) is 12.2 Å². The quantitative estimate of drug-likeness (QED) is 0.531. The van der Waals surface area contributed by atoms with Crippen LogP contribution < -0.4 is 0 Å². The Morgan fingerprint density at radius 3 is 2.75 bits per heavy atom. The van der Waals surface area contributed by atoms with Crippen molar-refractivity contribution in [3.8, 4) is 0 Å².